The van der Waals surface area contributed by atoms with Crippen molar-refractivity contribution in [3.8, 4) is 17.0 Å². The van der Waals surface area contributed by atoms with E-state index in [4.69, 9.17) is 4.74 Å². The highest BCUT2D eigenvalue weighted by atomic mass is 16.5. The molecule has 0 aliphatic heterocycles. The first-order valence-electron chi connectivity index (χ1n) is 9.41. The van der Waals surface area contributed by atoms with Gasteiger partial charge >= 0.3 is 0 Å². The second-order valence-corrected chi connectivity index (χ2v) is 7.04. The lowest BCUT2D eigenvalue weighted by molar-refractivity contribution is 0.310. The molecule has 0 radical (unpaired) electrons. The van der Waals surface area contributed by atoms with Crippen molar-refractivity contribution < 1.29 is 4.74 Å². The smallest absolute Gasteiger partial charge is 0.276 e. The molecule has 0 saturated heterocycles. The van der Waals surface area contributed by atoms with E-state index in [9.17, 15) is 4.79 Å². The minimum Gasteiger partial charge on any atom is -0.493 e. The summed E-state index contributed by atoms with van der Waals surface area (Å²) >= 11 is 0. The van der Waals surface area contributed by atoms with Gasteiger partial charge in [-0.15, -0.1) is 0 Å². The minimum atomic E-state index is -0.00344. The predicted octanol–water partition coefficient (Wildman–Crippen LogP) is 4.39. The van der Waals surface area contributed by atoms with Gasteiger partial charge < -0.3 is 9.30 Å². The fourth-order valence-corrected chi connectivity index (χ4v) is 2.86. The normalized spacial score (nSPS) is 11.4. The maximum Gasteiger partial charge on any atom is 0.276 e. The highest BCUT2D eigenvalue weighted by Crippen LogP contribution is 2.29. The first-order chi connectivity index (χ1) is 12.6. The van der Waals surface area contributed by atoms with Crippen LogP contribution in [0.4, 0.5) is 0 Å². The molecule has 1 aromatic carbocycles. The van der Waals surface area contributed by atoms with Crippen molar-refractivity contribution in [2.24, 2.45) is 5.92 Å². The van der Waals surface area contributed by atoms with Crippen LogP contribution in [0.3, 0.4) is 0 Å². The van der Waals surface area contributed by atoms with E-state index in [1.165, 1.54) is 0 Å². The van der Waals surface area contributed by atoms with Crippen molar-refractivity contribution in [1.29, 1.82) is 0 Å². The molecule has 0 atom stereocenters. The lowest BCUT2D eigenvalue weighted by Gasteiger charge is -2.09. The van der Waals surface area contributed by atoms with Crippen molar-refractivity contribution in [2.75, 3.05) is 6.61 Å². The SMILES string of the molecule is CCCCOc1ccccc1-c1cc2c(=O)n(CCC(C)C)ccn2n1. The van der Waals surface area contributed by atoms with Gasteiger partial charge in [0.2, 0.25) is 0 Å². The van der Waals surface area contributed by atoms with Crippen LogP contribution in [-0.4, -0.2) is 20.8 Å². The van der Waals surface area contributed by atoms with Crippen LogP contribution in [0.25, 0.3) is 16.8 Å². The standard InChI is InChI=1S/C21H27N3O2/c1-4-5-14-26-20-9-7-6-8-17(20)18-15-19-21(25)23(11-10-16(2)3)12-13-24(19)22-18/h6-9,12-13,15-16H,4-5,10-11,14H2,1-3H3. The summed E-state index contributed by atoms with van der Waals surface area (Å²) in [5.41, 5.74) is 2.27. The molecule has 3 aromatic rings. The summed E-state index contributed by atoms with van der Waals surface area (Å²) in [6.45, 7) is 7.88. The van der Waals surface area contributed by atoms with E-state index in [1.54, 1.807) is 9.08 Å². The molecule has 138 valence electrons. The molecule has 0 fully saturated rings. The number of aromatic nitrogens is 3. The van der Waals surface area contributed by atoms with Crippen LogP contribution in [0.15, 0.2) is 47.5 Å². The Bertz CT molecular complexity index is 924. The maximum absolute atomic E-state index is 12.8. The summed E-state index contributed by atoms with van der Waals surface area (Å²) in [6, 6.07) is 9.72. The van der Waals surface area contributed by atoms with Gasteiger partial charge in [-0.1, -0.05) is 39.3 Å². The highest BCUT2D eigenvalue weighted by Gasteiger charge is 2.13. The third-order valence-corrected chi connectivity index (χ3v) is 4.47. The van der Waals surface area contributed by atoms with Gasteiger partial charge in [0, 0.05) is 24.5 Å². The molecule has 0 unspecified atom stereocenters. The van der Waals surface area contributed by atoms with Crippen molar-refractivity contribution in [3.05, 3.63) is 53.1 Å². The van der Waals surface area contributed by atoms with Gasteiger partial charge in [-0.2, -0.15) is 5.10 Å². The Hall–Kier alpha value is -2.56. The lowest BCUT2D eigenvalue weighted by atomic mass is 10.1. The number of rotatable bonds is 8. The van der Waals surface area contributed by atoms with Gasteiger partial charge in [-0.25, -0.2) is 4.52 Å². The van der Waals surface area contributed by atoms with Gasteiger partial charge in [0.05, 0.1) is 12.3 Å². The minimum absolute atomic E-state index is 0.00344. The van der Waals surface area contributed by atoms with Gasteiger partial charge in [0.25, 0.3) is 5.56 Å². The Balaban J connectivity index is 1.95. The van der Waals surface area contributed by atoms with Crippen LogP contribution in [0.1, 0.15) is 40.0 Å². The van der Waals surface area contributed by atoms with Crippen molar-refractivity contribution >= 4 is 5.52 Å². The van der Waals surface area contributed by atoms with E-state index in [-0.39, 0.29) is 5.56 Å². The van der Waals surface area contributed by atoms with Crippen molar-refractivity contribution in [3.63, 3.8) is 0 Å². The Kier molecular flexibility index (Phi) is 5.76. The molecule has 26 heavy (non-hydrogen) atoms. The molecule has 0 aliphatic rings. The number of nitrogens with zero attached hydrogens (tertiary/aromatic N) is 3. The fourth-order valence-electron chi connectivity index (χ4n) is 2.86. The number of hydrogen-bond donors (Lipinski definition) is 0. The van der Waals surface area contributed by atoms with Crippen LogP contribution in [-0.2, 0) is 6.54 Å². The Labute approximate surface area is 154 Å². The molecular weight excluding hydrogens is 326 g/mol. The number of ether oxygens (including phenoxy) is 1. The Morgan fingerprint density at radius 2 is 2.00 bits per heavy atom. The quantitative estimate of drug-likeness (QED) is 0.564. The summed E-state index contributed by atoms with van der Waals surface area (Å²) in [5, 5.41) is 4.59. The molecule has 0 saturated carbocycles. The van der Waals surface area contributed by atoms with Crippen molar-refractivity contribution in [1.82, 2.24) is 14.2 Å². The third-order valence-electron chi connectivity index (χ3n) is 4.47. The molecule has 5 nitrogen and oxygen atoms in total. The average Bonchev–Trinajstić information content (AvgIpc) is 3.07. The van der Waals surface area contributed by atoms with Gasteiger partial charge in [0.15, 0.2) is 0 Å². The molecule has 0 N–H and O–H groups in total. The summed E-state index contributed by atoms with van der Waals surface area (Å²) in [4.78, 5) is 12.8. The zero-order chi connectivity index (χ0) is 18.5. The van der Waals surface area contributed by atoms with E-state index in [0.29, 0.717) is 18.0 Å². The third kappa shape index (κ3) is 3.98. The number of unbranched alkanes of at least 4 members (excludes halogenated alkanes) is 1. The number of fused-ring (bicyclic) bond motifs is 1. The summed E-state index contributed by atoms with van der Waals surface area (Å²) < 4.78 is 9.34. The zero-order valence-electron chi connectivity index (χ0n) is 15.8. The summed E-state index contributed by atoms with van der Waals surface area (Å²) in [7, 11) is 0. The maximum atomic E-state index is 12.8. The monoisotopic (exact) mass is 353 g/mol. The molecule has 0 aliphatic carbocycles. The first kappa shape index (κ1) is 18.2. The first-order valence-corrected chi connectivity index (χ1v) is 9.41. The lowest BCUT2D eigenvalue weighted by Crippen LogP contribution is -2.21. The van der Waals surface area contributed by atoms with Crippen molar-refractivity contribution in [2.45, 2.75) is 46.6 Å². The highest BCUT2D eigenvalue weighted by molar-refractivity contribution is 5.71. The number of benzene rings is 1. The van der Waals surface area contributed by atoms with Crippen LogP contribution >= 0.6 is 0 Å². The molecule has 0 spiro atoms. The number of aryl methyl sites for hydroxylation is 1. The average molecular weight is 353 g/mol. The molecule has 2 aromatic heterocycles. The molecular formula is C21H27N3O2. The van der Waals surface area contributed by atoms with Gasteiger partial charge in [-0.05, 0) is 37.0 Å². The predicted molar refractivity (Wildman–Crippen MR) is 105 cm³/mol. The van der Waals surface area contributed by atoms with E-state index in [1.807, 2.05) is 42.7 Å². The molecule has 3 rings (SSSR count). The summed E-state index contributed by atoms with van der Waals surface area (Å²) in [5.74, 6) is 1.37. The molecule has 0 amide bonds. The largest absolute Gasteiger partial charge is 0.493 e. The van der Waals surface area contributed by atoms with Gasteiger partial charge in [-0.3, -0.25) is 4.79 Å². The van der Waals surface area contributed by atoms with E-state index < -0.39 is 0 Å². The second-order valence-electron chi connectivity index (χ2n) is 7.04. The topological polar surface area (TPSA) is 48.5 Å². The van der Waals surface area contributed by atoms with E-state index in [0.717, 1.165) is 42.8 Å². The Morgan fingerprint density at radius 3 is 2.77 bits per heavy atom. The zero-order valence-corrected chi connectivity index (χ0v) is 15.8. The van der Waals surface area contributed by atoms with Crippen LogP contribution < -0.4 is 10.3 Å². The van der Waals surface area contributed by atoms with E-state index in [2.05, 4.69) is 25.9 Å². The van der Waals surface area contributed by atoms with Gasteiger partial charge in [0.1, 0.15) is 11.3 Å². The van der Waals surface area contributed by atoms with E-state index >= 15 is 0 Å². The number of para-hydroxylation sites is 1. The number of hydrogen-bond acceptors (Lipinski definition) is 3. The Morgan fingerprint density at radius 1 is 1.19 bits per heavy atom. The molecule has 2 heterocycles. The second kappa shape index (κ2) is 8.21. The summed E-state index contributed by atoms with van der Waals surface area (Å²) in [6.07, 6.45) is 6.75. The molecule has 5 heteroatoms. The van der Waals surface area contributed by atoms with Crippen LogP contribution in [0, 0.1) is 5.92 Å². The van der Waals surface area contributed by atoms with Crippen LogP contribution in [0.2, 0.25) is 0 Å². The van der Waals surface area contributed by atoms with Crippen LogP contribution in [0.5, 0.6) is 5.75 Å². The molecule has 0 bridgehead atoms. The fraction of sp³-hybridized carbons (Fsp3) is 0.429.